The van der Waals surface area contributed by atoms with Gasteiger partial charge < -0.3 is 31.1 Å². The highest BCUT2D eigenvalue weighted by atomic mass is 19.2. The summed E-state index contributed by atoms with van der Waals surface area (Å²) in [5.41, 5.74) is 2.70. The largest absolute Gasteiger partial charge is 0.494 e. The summed E-state index contributed by atoms with van der Waals surface area (Å²) < 4.78 is 35.6. The Labute approximate surface area is 245 Å². The van der Waals surface area contributed by atoms with Crippen LogP contribution < -0.4 is 26.0 Å². The molecule has 0 bridgehead atoms. The molecule has 2 amide bonds. The van der Waals surface area contributed by atoms with Crippen LogP contribution in [-0.4, -0.2) is 69.2 Å². The predicted molar refractivity (Wildman–Crippen MR) is 154 cm³/mol. The van der Waals surface area contributed by atoms with Crippen molar-refractivity contribution in [2.45, 2.75) is 50.4 Å². The predicted octanol–water partition coefficient (Wildman–Crippen LogP) is 2.83. The number of ether oxygens (including phenoxy) is 1. The molecule has 0 unspecified atom stereocenters. The zero-order valence-electron chi connectivity index (χ0n) is 23.5. The third-order valence-electron chi connectivity index (χ3n) is 7.95. The van der Waals surface area contributed by atoms with Crippen LogP contribution in [0.5, 0.6) is 5.75 Å². The molecule has 2 atom stereocenters. The van der Waals surface area contributed by atoms with E-state index in [2.05, 4.69) is 31.2 Å². The van der Waals surface area contributed by atoms with Crippen LogP contribution in [0.4, 0.5) is 20.3 Å². The quantitative estimate of drug-likeness (QED) is 0.211. The molecule has 1 aliphatic carbocycles. The number of fused-ring (bicyclic) bond motifs is 1. The van der Waals surface area contributed by atoms with Crippen LogP contribution in [-0.2, 0) is 4.79 Å². The number of carbonyl (C=O) groups is 2. The lowest BCUT2D eigenvalue weighted by Crippen LogP contribution is -2.56. The first kappa shape index (κ1) is 28.5. The Morgan fingerprint density at radius 1 is 1.07 bits per heavy atom. The Morgan fingerprint density at radius 3 is 2.58 bits per heavy atom. The van der Waals surface area contributed by atoms with Crippen LogP contribution >= 0.6 is 0 Å². The van der Waals surface area contributed by atoms with Gasteiger partial charge in [-0.1, -0.05) is 0 Å². The molecule has 1 saturated carbocycles. The first-order valence-corrected chi connectivity index (χ1v) is 14.0. The second-order valence-corrected chi connectivity index (χ2v) is 10.9. The van der Waals surface area contributed by atoms with Gasteiger partial charge in [-0.3, -0.25) is 14.0 Å². The molecule has 2 aromatic heterocycles. The van der Waals surface area contributed by atoms with E-state index in [-0.39, 0.29) is 41.3 Å². The maximum absolute atomic E-state index is 14.8. The van der Waals surface area contributed by atoms with Gasteiger partial charge in [-0.15, -0.1) is 0 Å². The van der Waals surface area contributed by atoms with E-state index in [1.807, 2.05) is 13.0 Å². The number of β-amino-alcohol motifs (C(OH)–C–C–N with tert-alkyl or cyclic N) is 1. The first-order chi connectivity index (χ1) is 20.7. The Hall–Kier alpha value is -4.62. The lowest BCUT2D eigenvalue weighted by molar-refractivity contribution is -0.124. The number of rotatable bonds is 8. The summed E-state index contributed by atoms with van der Waals surface area (Å²) >= 11 is 0. The lowest BCUT2D eigenvalue weighted by Gasteiger charge is -2.37. The number of nitrogens with one attached hydrogen (secondary N) is 4. The topological polar surface area (TPSA) is 142 Å². The summed E-state index contributed by atoms with van der Waals surface area (Å²) in [5, 5.41) is 21.8. The number of aliphatic hydroxyl groups is 1. The number of aryl methyl sites for hydroxylation is 1. The number of anilines is 2. The summed E-state index contributed by atoms with van der Waals surface area (Å²) in [6.07, 6.45) is 5.76. The fourth-order valence-electron chi connectivity index (χ4n) is 5.56. The molecule has 2 aliphatic rings. The maximum atomic E-state index is 14.8. The molecule has 2 fully saturated rings. The van der Waals surface area contributed by atoms with Gasteiger partial charge in [0.25, 0.3) is 5.91 Å². The number of amides is 2. The molecule has 224 valence electrons. The molecule has 0 radical (unpaired) electrons. The minimum Gasteiger partial charge on any atom is -0.494 e. The van der Waals surface area contributed by atoms with Gasteiger partial charge >= 0.3 is 0 Å². The number of aromatic nitrogens is 3. The van der Waals surface area contributed by atoms with Crippen molar-refractivity contribution in [3.63, 3.8) is 0 Å². The van der Waals surface area contributed by atoms with Crippen LogP contribution in [0.3, 0.4) is 0 Å². The highest BCUT2D eigenvalue weighted by Gasteiger charge is 2.35. The third-order valence-corrected chi connectivity index (χ3v) is 7.95. The van der Waals surface area contributed by atoms with Crippen molar-refractivity contribution in [2.24, 2.45) is 0 Å². The Balaban J connectivity index is 1.10. The standard InChI is InChI=1S/C30H31F2N7O4/c1-15-9-16(3-4-20(15)29(41)37-17-10-18(11-17)38-30(42)22-12-19(40)13-34-22)36-27-28-35-14-23(39(28)8-7-33-27)21-5-6-24(43-2)26(32)25(21)31/h3-9,14,17-19,22,34,40H,10-13H2,1-2H3,(H,33,36)(H,37,41)(H,38,42)/t17-,18-,19-,22+/m1/s1. The van der Waals surface area contributed by atoms with Gasteiger partial charge in [-0.05, 0) is 62.1 Å². The van der Waals surface area contributed by atoms with Crippen molar-refractivity contribution in [1.82, 2.24) is 30.3 Å². The zero-order valence-corrected chi connectivity index (χ0v) is 23.5. The number of methoxy groups -OCH3 is 1. The molecular weight excluding hydrogens is 560 g/mol. The SMILES string of the molecule is COc1ccc(-c2cnc3c(Nc4ccc(C(=O)N[C@H]5C[C@H](NC(=O)[C@@H]6C[C@@H](O)CN6)C5)c(C)c4)nccn23)c(F)c1F. The van der Waals surface area contributed by atoms with Crippen LogP contribution in [0.15, 0.2) is 48.9 Å². The number of carbonyl (C=O) groups excluding carboxylic acids is 2. The molecule has 5 N–H and O–H groups in total. The maximum Gasteiger partial charge on any atom is 0.251 e. The molecule has 13 heteroatoms. The van der Waals surface area contributed by atoms with Crippen LogP contribution in [0, 0.1) is 18.6 Å². The Morgan fingerprint density at radius 2 is 1.86 bits per heavy atom. The number of nitrogens with zero attached hydrogens (tertiary/aromatic N) is 3. The van der Waals surface area contributed by atoms with Crippen molar-refractivity contribution < 1.29 is 28.2 Å². The van der Waals surface area contributed by atoms with E-state index in [1.54, 1.807) is 22.7 Å². The van der Waals surface area contributed by atoms with E-state index < -0.39 is 17.7 Å². The van der Waals surface area contributed by atoms with Crippen molar-refractivity contribution in [3.05, 3.63) is 71.7 Å². The zero-order chi connectivity index (χ0) is 30.2. The van der Waals surface area contributed by atoms with Gasteiger partial charge in [0.05, 0.1) is 31.1 Å². The van der Waals surface area contributed by atoms with Gasteiger partial charge in [0.2, 0.25) is 11.7 Å². The van der Waals surface area contributed by atoms with E-state index in [0.29, 0.717) is 54.2 Å². The Kier molecular flexibility index (Phi) is 7.67. The second kappa shape index (κ2) is 11.6. The number of aliphatic hydroxyl groups excluding tert-OH is 1. The highest BCUT2D eigenvalue weighted by Crippen LogP contribution is 2.32. The fourth-order valence-corrected chi connectivity index (χ4v) is 5.56. The molecule has 3 heterocycles. The minimum absolute atomic E-state index is 0.0105. The molecule has 1 saturated heterocycles. The van der Waals surface area contributed by atoms with Crippen molar-refractivity contribution in [1.29, 1.82) is 0 Å². The summed E-state index contributed by atoms with van der Waals surface area (Å²) in [6.45, 7) is 2.25. The Bertz CT molecular complexity index is 1710. The normalized spacial score (nSPS) is 21.3. The molecule has 6 rings (SSSR count). The average Bonchev–Trinajstić information content (AvgIpc) is 3.60. The average molecular weight is 592 g/mol. The summed E-state index contributed by atoms with van der Waals surface area (Å²) in [5.74, 6) is -2.24. The number of imidazole rings is 1. The van der Waals surface area contributed by atoms with E-state index in [4.69, 9.17) is 4.74 Å². The van der Waals surface area contributed by atoms with Crippen molar-refractivity contribution in [3.8, 4) is 17.0 Å². The fraction of sp³-hybridized carbons (Fsp3) is 0.333. The smallest absolute Gasteiger partial charge is 0.251 e. The minimum atomic E-state index is -1.08. The molecule has 2 aromatic carbocycles. The van der Waals surface area contributed by atoms with Gasteiger partial charge in [0.15, 0.2) is 23.0 Å². The number of benzene rings is 2. The van der Waals surface area contributed by atoms with E-state index in [0.717, 1.165) is 5.56 Å². The van der Waals surface area contributed by atoms with E-state index in [1.165, 1.54) is 31.6 Å². The first-order valence-electron chi connectivity index (χ1n) is 14.0. The lowest BCUT2D eigenvalue weighted by atomic mass is 9.86. The van der Waals surface area contributed by atoms with Crippen LogP contribution in [0.2, 0.25) is 0 Å². The second-order valence-electron chi connectivity index (χ2n) is 10.9. The monoisotopic (exact) mass is 591 g/mol. The molecule has 1 aliphatic heterocycles. The van der Waals surface area contributed by atoms with Crippen LogP contribution in [0.1, 0.15) is 35.2 Å². The van der Waals surface area contributed by atoms with E-state index in [9.17, 15) is 23.5 Å². The number of hydrogen-bond donors (Lipinski definition) is 5. The van der Waals surface area contributed by atoms with Crippen molar-refractivity contribution >= 4 is 29.0 Å². The summed E-state index contributed by atoms with van der Waals surface area (Å²) in [6, 6.07) is 7.64. The van der Waals surface area contributed by atoms with Gasteiger partial charge in [0.1, 0.15) is 0 Å². The van der Waals surface area contributed by atoms with E-state index >= 15 is 0 Å². The van der Waals surface area contributed by atoms with Crippen LogP contribution in [0.25, 0.3) is 16.9 Å². The molecular formula is C30H31F2N7O4. The van der Waals surface area contributed by atoms with Gasteiger partial charge in [-0.2, -0.15) is 4.39 Å². The van der Waals surface area contributed by atoms with Gasteiger partial charge in [-0.25, -0.2) is 14.4 Å². The van der Waals surface area contributed by atoms with Crippen molar-refractivity contribution in [2.75, 3.05) is 19.0 Å². The third kappa shape index (κ3) is 5.60. The van der Waals surface area contributed by atoms with Gasteiger partial charge in [0, 0.05) is 47.8 Å². The molecule has 4 aromatic rings. The molecule has 43 heavy (non-hydrogen) atoms. The number of halogens is 2. The highest BCUT2D eigenvalue weighted by molar-refractivity contribution is 5.96. The summed E-state index contributed by atoms with van der Waals surface area (Å²) in [7, 11) is 1.27. The summed E-state index contributed by atoms with van der Waals surface area (Å²) in [4.78, 5) is 34.0. The molecule has 0 spiro atoms. The molecule has 11 nitrogen and oxygen atoms in total. The number of hydrogen-bond acceptors (Lipinski definition) is 8.